The average molecular weight is 377 g/mol. The zero-order valence-corrected chi connectivity index (χ0v) is 16.8. The number of carbonyl (C=O) groups is 1. The molecule has 1 aromatic carbocycles. The van der Waals surface area contributed by atoms with Crippen molar-refractivity contribution in [3.63, 3.8) is 0 Å². The lowest BCUT2D eigenvalue weighted by molar-refractivity contribution is 0.0709. The first-order valence-electron chi connectivity index (χ1n) is 10.0. The van der Waals surface area contributed by atoms with Crippen LogP contribution in [0.3, 0.4) is 0 Å². The molecule has 0 radical (unpaired) electrons. The molecule has 5 heteroatoms. The minimum absolute atomic E-state index is 0.0633. The monoisotopic (exact) mass is 377 g/mol. The van der Waals surface area contributed by atoms with E-state index in [-0.39, 0.29) is 5.91 Å². The summed E-state index contributed by atoms with van der Waals surface area (Å²) in [5, 5.41) is 0. The molecule has 1 aliphatic rings. The van der Waals surface area contributed by atoms with Crippen molar-refractivity contribution >= 4 is 5.91 Å². The Balaban J connectivity index is 1.56. The maximum atomic E-state index is 13.2. The Morgan fingerprint density at radius 2 is 2.07 bits per heavy atom. The van der Waals surface area contributed by atoms with Crippen molar-refractivity contribution in [2.24, 2.45) is 5.92 Å². The van der Waals surface area contributed by atoms with Crippen molar-refractivity contribution in [2.75, 3.05) is 6.54 Å². The van der Waals surface area contributed by atoms with Gasteiger partial charge in [0, 0.05) is 24.2 Å². The van der Waals surface area contributed by atoms with Crippen LogP contribution >= 0.6 is 0 Å². The van der Waals surface area contributed by atoms with Gasteiger partial charge in [-0.05, 0) is 49.9 Å². The molecule has 1 amide bonds. The van der Waals surface area contributed by atoms with E-state index in [0.717, 1.165) is 42.2 Å². The fraction of sp³-hybridized carbons (Fsp3) is 0.391. The summed E-state index contributed by atoms with van der Waals surface area (Å²) in [5.74, 6) is 2.54. The minimum Gasteiger partial charge on any atom is -0.464 e. The topological polar surface area (TPSA) is 51.3 Å². The molecule has 0 fully saturated rings. The van der Waals surface area contributed by atoms with E-state index < -0.39 is 0 Å². The van der Waals surface area contributed by atoms with Crippen LogP contribution in [0.15, 0.2) is 47.1 Å². The Morgan fingerprint density at radius 3 is 2.82 bits per heavy atom. The van der Waals surface area contributed by atoms with E-state index >= 15 is 0 Å². The molecular formula is C23H27N3O2. The largest absolute Gasteiger partial charge is 0.464 e. The second-order valence-corrected chi connectivity index (χ2v) is 7.92. The fourth-order valence-electron chi connectivity index (χ4n) is 3.86. The number of hydrogen-bond acceptors (Lipinski definition) is 3. The summed E-state index contributed by atoms with van der Waals surface area (Å²) >= 11 is 0. The van der Waals surface area contributed by atoms with Crippen LogP contribution in [0.2, 0.25) is 0 Å². The molecule has 5 nitrogen and oxygen atoms in total. The highest BCUT2D eigenvalue weighted by Crippen LogP contribution is 2.25. The van der Waals surface area contributed by atoms with Crippen molar-refractivity contribution in [3.05, 3.63) is 65.4 Å². The minimum atomic E-state index is 0.0633. The number of rotatable bonds is 5. The summed E-state index contributed by atoms with van der Waals surface area (Å²) in [4.78, 5) is 19.9. The highest BCUT2D eigenvalue weighted by atomic mass is 16.3. The number of nitrogens with zero attached hydrogens (tertiary/aromatic N) is 3. The van der Waals surface area contributed by atoms with Crippen molar-refractivity contribution in [3.8, 4) is 11.3 Å². The van der Waals surface area contributed by atoms with Gasteiger partial charge in [-0.25, -0.2) is 4.98 Å². The smallest absolute Gasteiger partial charge is 0.254 e. The average Bonchev–Trinajstić information content (AvgIpc) is 3.34. The summed E-state index contributed by atoms with van der Waals surface area (Å²) in [7, 11) is 0. The lowest BCUT2D eigenvalue weighted by atomic mass is 10.0. The number of aromatic nitrogens is 2. The molecule has 0 saturated heterocycles. The van der Waals surface area contributed by atoms with Gasteiger partial charge in [-0.3, -0.25) is 4.79 Å². The zero-order valence-electron chi connectivity index (χ0n) is 16.8. The number of hydrogen-bond donors (Lipinski definition) is 0. The van der Waals surface area contributed by atoms with Gasteiger partial charge in [0.05, 0.1) is 24.2 Å². The van der Waals surface area contributed by atoms with E-state index in [4.69, 9.17) is 9.40 Å². The van der Waals surface area contributed by atoms with Gasteiger partial charge in [-0.15, -0.1) is 0 Å². The number of carbonyl (C=O) groups excluding carboxylic acids is 1. The van der Waals surface area contributed by atoms with Crippen LogP contribution < -0.4 is 0 Å². The molecule has 0 bridgehead atoms. The standard InChI is InChI=1S/C23H27N3O2/c1-16(2)9-10-20-21-15-25(11-12-26(21)17(3)24-20)23(27)19-7-4-6-18(14-19)22-8-5-13-28-22/h4-8,13-14,16H,9-12,15H2,1-3H3. The van der Waals surface area contributed by atoms with E-state index in [0.29, 0.717) is 24.6 Å². The maximum Gasteiger partial charge on any atom is 0.254 e. The fourth-order valence-corrected chi connectivity index (χ4v) is 3.86. The van der Waals surface area contributed by atoms with Gasteiger partial charge in [-0.1, -0.05) is 26.0 Å². The first-order valence-corrected chi connectivity index (χ1v) is 10.0. The number of imidazole rings is 1. The Morgan fingerprint density at radius 1 is 1.21 bits per heavy atom. The molecule has 2 aromatic heterocycles. The third kappa shape index (κ3) is 3.61. The van der Waals surface area contributed by atoms with Gasteiger partial charge in [0.1, 0.15) is 11.6 Å². The molecule has 0 unspecified atom stereocenters. The van der Waals surface area contributed by atoms with Crippen molar-refractivity contribution in [1.82, 2.24) is 14.5 Å². The summed E-state index contributed by atoms with van der Waals surface area (Å²) in [6.45, 7) is 8.66. The Bertz CT molecular complexity index is 970. The van der Waals surface area contributed by atoms with Gasteiger partial charge in [-0.2, -0.15) is 0 Å². The highest BCUT2D eigenvalue weighted by molar-refractivity contribution is 5.95. The van der Waals surface area contributed by atoms with E-state index in [1.807, 2.05) is 41.3 Å². The van der Waals surface area contributed by atoms with Crippen molar-refractivity contribution in [1.29, 1.82) is 0 Å². The second kappa shape index (κ2) is 7.66. The molecule has 0 spiro atoms. The van der Waals surface area contributed by atoms with Gasteiger partial charge >= 0.3 is 0 Å². The molecule has 0 aliphatic carbocycles. The normalized spacial score (nSPS) is 13.8. The molecule has 0 N–H and O–H groups in total. The molecule has 28 heavy (non-hydrogen) atoms. The van der Waals surface area contributed by atoms with Crippen LogP contribution in [0.1, 0.15) is 47.8 Å². The number of fused-ring (bicyclic) bond motifs is 1. The number of amides is 1. The van der Waals surface area contributed by atoms with E-state index in [9.17, 15) is 4.79 Å². The molecular weight excluding hydrogens is 350 g/mol. The van der Waals surface area contributed by atoms with Gasteiger partial charge in [0.15, 0.2) is 0 Å². The number of aryl methyl sites for hydroxylation is 2. The Labute approximate surface area is 166 Å². The van der Waals surface area contributed by atoms with Crippen LogP contribution in [0.4, 0.5) is 0 Å². The first kappa shape index (κ1) is 18.5. The summed E-state index contributed by atoms with van der Waals surface area (Å²) in [6.07, 6.45) is 3.73. The second-order valence-electron chi connectivity index (χ2n) is 7.92. The third-order valence-electron chi connectivity index (χ3n) is 5.44. The molecule has 0 atom stereocenters. The lowest BCUT2D eigenvalue weighted by Gasteiger charge is -2.29. The van der Waals surface area contributed by atoms with Gasteiger partial charge in [0.2, 0.25) is 0 Å². The predicted molar refractivity (Wildman–Crippen MR) is 109 cm³/mol. The molecule has 0 saturated carbocycles. The molecule has 1 aliphatic heterocycles. The molecule has 3 aromatic rings. The quantitative estimate of drug-likeness (QED) is 0.648. The zero-order chi connectivity index (χ0) is 19.7. The van der Waals surface area contributed by atoms with Crippen LogP contribution in [-0.4, -0.2) is 26.9 Å². The van der Waals surface area contributed by atoms with E-state index in [1.165, 1.54) is 5.69 Å². The SMILES string of the molecule is Cc1nc(CCC(C)C)c2n1CCN(C(=O)c1cccc(-c3ccco3)c1)C2. The number of furan rings is 1. The van der Waals surface area contributed by atoms with Crippen LogP contribution in [0.5, 0.6) is 0 Å². The first-order chi connectivity index (χ1) is 13.5. The summed E-state index contributed by atoms with van der Waals surface area (Å²) in [5.41, 5.74) is 3.96. The Kier molecular flexibility index (Phi) is 5.07. The highest BCUT2D eigenvalue weighted by Gasteiger charge is 2.26. The van der Waals surface area contributed by atoms with Crippen LogP contribution in [0, 0.1) is 12.8 Å². The maximum absolute atomic E-state index is 13.2. The third-order valence-corrected chi connectivity index (χ3v) is 5.44. The molecule has 3 heterocycles. The van der Waals surface area contributed by atoms with Crippen molar-refractivity contribution < 1.29 is 9.21 Å². The van der Waals surface area contributed by atoms with Crippen molar-refractivity contribution in [2.45, 2.75) is 46.7 Å². The van der Waals surface area contributed by atoms with Gasteiger partial charge in [0.25, 0.3) is 5.91 Å². The van der Waals surface area contributed by atoms with E-state index in [2.05, 4.69) is 25.3 Å². The summed E-state index contributed by atoms with van der Waals surface area (Å²) < 4.78 is 7.75. The van der Waals surface area contributed by atoms with E-state index in [1.54, 1.807) is 6.26 Å². The van der Waals surface area contributed by atoms with Gasteiger partial charge < -0.3 is 13.9 Å². The molecule has 4 rings (SSSR count). The lowest BCUT2D eigenvalue weighted by Crippen LogP contribution is -2.38. The Hall–Kier alpha value is -2.82. The summed E-state index contributed by atoms with van der Waals surface area (Å²) in [6, 6.07) is 11.4. The van der Waals surface area contributed by atoms with Crippen LogP contribution in [-0.2, 0) is 19.5 Å². The molecule has 146 valence electrons. The van der Waals surface area contributed by atoms with Crippen LogP contribution in [0.25, 0.3) is 11.3 Å². The predicted octanol–water partition coefficient (Wildman–Crippen LogP) is 4.70. The number of benzene rings is 1.